The quantitative estimate of drug-likeness (QED) is 0.311. The van der Waals surface area contributed by atoms with Crippen molar-refractivity contribution in [2.24, 2.45) is 0 Å². The summed E-state index contributed by atoms with van der Waals surface area (Å²) < 4.78 is 19.2. The monoisotopic (exact) mass is 507 g/mol. The topological polar surface area (TPSA) is 70.8 Å². The Hall–Kier alpha value is -3.55. The van der Waals surface area contributed by atoms with Crippen molar-refractivity contribution in [3.05, 3.63) is 105 Å². The molecule has 0 saturated carbocycles. The predicted molar refractivity (Wildman–Crippen MR) is 134 cm³/mol. The molecule has 0 bridgehead atoms. The van der Waals surface area contributed by atoms with Crippen LogP contribution in [0.3, 0.4) is 0 Å². The minimum absolute atomic E-state index is 0.0533. The number of rotatable bonds is 5. The Bertz CT molecular complexity index is 1500. The average Bonchev–Trinajstić information content (AvgIpc) is 3.23. The Kier molecular flexibility index (Phi) is 6.13. The van der Waals surface area contributed by atoms with E-state index in [1.807, 2.05) is 12.1 Å². The highest BCUT2D eigenvalue weighted by Gasteiger charge is 2.34. The maximum Gasteiger partial charge on any atom is 0.354 e. The highest BCUT2D eigenvalue weighted by atomic mass is 35.5. The lowest BCUT2D eigenvalue weighted by molar-refractivity contribution is -0.107. The first kappa shape index (κ1) is 23.2. The molecule has 5 rings (SSSR count). The smallest absolute Gasteiger partial charge is 0.354 e. The van der Waals surface area contributed by atoms with Crippen LogP contribution in [0.4, 0.5) is 10.1 Å². The van der Waals surface area contributed by atoms with Crippen LogP contribution in [0.1, 0.15) is 22.7 Å². The molecule has 4 aromatic rings. The van der Waals surface area contributed by atoms with Gasteiger partial charge in [0, 0.05) is 21.0 Å². The third-order valence-electron chi connectivity index (χ3n) is 6.05. The summed E-state index contributed by atoms with van der Waals surface area (Å²) in [7, 11) is 0. The molecule has 1 aliphatic rings. The molecule has 0 radical (unpaired) electrons. The minimum Gasteiger partial charge on any atom is -0.506 e. The molecule has 2 heterocycles. The van der Waals surface area contributed by atoms with E-state index in [9.17, 15) is 19.1 Å². The van der Waals surface area contributed by atoms with Crippen molar-refractivity contribution in [2.75, 3.05) is 4.90 Å². The van der Waals surface area contributed by atoms with Gasteiger partial charge in [0.2, 0.25) is 6.41 Å². The number of hydrogen-bond donors (Lipinski definition) is 1. The molecular weight excluding hydrogens is 489 g/mol. The van der Waals surface area contributed by atoms with Crippen LogP contribution in [-0.2, 0) is 11.2 Å². The molecule has 35 heavy (non-hydrogen) atoms. The predicted octanol–water partition coefficient (Wildman–Crippen LogP) is 6.52. The number of fused-ring (bicyclic) bond motifs is 1. The normalized spacial score (nSPS) is 14.7. The Balaban J connectivity index is 1.59. The first-order valence-electron chi connectivity index (χ1n) is 10.8. The molecule has 176 valence electrons. The van der Waals surface area contributed by atoms with Crippen molar-refractivity contribution in [3.8, 4) is 17.1 Å². The van der Waals surface area contributed by atoms with Gasteiger partial charge in [-0.05, 0) is 60.9 Å². The summed E-state index contributed by atoms with van der Waals surface area (Å²) in [5.41, 5.74) is 2.45. The number of nitrogens with zero attached hydrogens (tertiary/aromatic N) is 1. The molecule has 1 atom stereocenters. The summed E-state index contributed by atoms with van der Waals surface area (Å²) >= 11 is 7.11. The number of hydrogen-bond acceptors (Lipinski definition) is 5. The van der Waals surface area contributed by atoms with Crippen LogP contribution in [0, 0.1) is 12.7 Å². The molecule has 8 heteroatoms. The number of benzene rings is 3. The Morgan fingerprint density at radius 3 is 2.60 bits per heavy atom. The zero-order valence-electron chi connectivity index (χ0n) is 18.5. The third-order valence-corrected chi connectivity index (χ3v) is 7.34. The lowest BCUT2D eigenvalue weighted by Crippen LogP contribution is -2.23. The molecule has 0 spiro atoms. The highest BCUT2D eigenvalue weighted by molar-refractivity contribution is 7.99. The lowest BCUT2D eigenvalue weighted by atomic mass is 10.0. The molecular formula is C27H19ClFNO4S. The zero-order chi connectivity index (χ0) is 24.7. The third kappa shape index (κ3) is 4.22. The van der Waals surface area contributed by atoms with E-state index in [2.05, 4.69) is 0 Å². The molecule has 1 aromatic heterocycles. The van der Waals surface area contributed by atoms with Crippen molar-refractivity contribution >= 4 is 35.5 Å². The highest BCUT2D eigenvalue weighted by Crippen LogP contribution is 2.47. The Morgan fingerprint density at radius 1 is 1.14 bits per heavy atom. The van der Waals surface area contributed by atoms with Gasteiger partial charge in [0.1, 0.15) is 22.2 Å². The molecule has 1 unspecified atom stereocenters. The fourth-order valence-electron chi connectivity index (χ4n) is 4.38. The largest absolute Gasteiger partial charge is 0.506 e. The van der Waals surface area contributed by atoms with E-state index < -0.39 is 5.63 Å². The summed E-state index contributed by atoms with van der Waals surface area (Å²) in [5, 5.41) is 11.5. The number of para-hydroxylation sites is 1. The second kappa shape index (κ2) is 9.24. The van der Waals surface area contributed by atoms with Gasteiger partial charge < -0.3 is 14.4 Å². The number of carbonyl (C=O) groups is 1. The van der Waals surface area contributed by atoms with Crippen molar-refractivity contribution in [3.63, 3.8) is 0 Å². The molecule has 0 aliphatic carbocycles. The van der Waals surface area contributed by atoms with Crippen molar-refractivity contribution in [2.45, 2.75) is 29.2 Å². The van der Waals surface area contributed by atoms with Gasteiger partial charge in [-0.15, -0.1) is 0 Å². The number of aromatic hydroxyl groups is 1. The van der Waals surface area contributed by atoms with Gasteiger partial charge in [-0.25, -0.2) is 9.18 Å². The Labute approximate surface area is 209 Å². The second-order valence-corrected chi connectivity index (χ2v) is 9.70. The maximum atomic E-state index is 13.5. The Morgan fingerprint density at radius 2 is 1.89 bits per heavy atom. The van der Waals surface area contributed by atoms with Gasteiger partial charge in [0.15, 0.2) is 0 Å². The van der Waals surface area contributed by atoms with E-state index in [-0.39, 0.29) is 28.3 Å². The van der Waals surface area contributed by atoms with E-state index in [1.54, 1.807) is 54.3 Å². The standard InChI is InChI=1S/C27H19ClFNO4S/c1-15-24(32)26(35-20-6-3-5-18(28)13-20)27(33)34-25(15)21-7-2-4-17-12-22(30(14-31)23(17)21)16-8-10-19(29)11-9-16/h2-11,13-14,22,32H,12H2,1H3. The van der Waals surface area contributed by atoms with Crippen LogP contribution in [0.5, 0.6) is 5.75 Å². The van der Waals surface area contributed by atoms with Gasteiger partial charge in [-0.2, -0.15) is 0 Å². The van der Waals surface area contributed by atoms with Crippen molar-refractivity contribution in [1.29, 1.82) is 0 Å². The van der Waals surface area contributed by atoms with Gasteiger partial charge in [-0.1, -0.05) is 53.7 Å². The summed E-state index contributed by atoms with van der Waals surface area (Å²) in [6, 6.07) is 18.1. The van der Waals surface area contributed by atoms with E-state index in [4.69, 9.17) is 16.0 Å². The van der Waals surface area contributed by atoms with Crippen LogP contribution in [0.2, 0.25) is 5.02 Å². The molecule has 1 amide bonds. The van der Waals surface area contributed by atoms with Crippen LogP contribution < -0.4 is 10.5 Å². The van der Waals surface area contributed by atoms with Gasteiger partial charge in [-0.3, -0.25) is 4.79 Å². The van der Waals surface area contributed by atoms with Gasteiger partial charge >= 0.3 is 5.63 Å². The number of halogens is 2. The molecule has 1 aliphatic heterocycles. The van der Waals surface area contributed by atoms with Crippen molar-refractivity contribution < 1.29 is 18.7 Å². The lowest BCUT2D eigenvalue weighted by Gasteiger charge is -2.23. The number of carbonyl (C=O) groups excluding carboxylic acids is 1. The second-order valence-electron chi connectivity index (χ2n) is 8.18. The molecule has 1 N–H and O–H groups in total. The first-order chi connectivity index (χ1) is 16.9. The first-order valence-corrected chi connectivity index (χ1v) is 12.0. The summed E-state index contributed by atoms with van der Waals surface area (Å²) in [6.07, 6.45) is 1.24. The fraction of sp³-hybridized carbons (Fsp3) is 0.111. The van der Waals surface area contributed by atoms with Crippen LogP contribution in [-0.4, -0.2) is 11.5 Å². The maximum absolute atomic E-state index is 13.5. The van der Waals surface area contributed by atoms with E-state index >= 15 is 0 Å². The van der Waals surface area contributed by atoms with Gasteiger partial charge in [0.25, 0.3) is 0 Å². The van der Waals surface area contributed by atoms with E-state index in [0.29, 0.717) is 33.2 Å². The van der Waals surface area contributed by atoms with Gasteiger partial charge in [0.05, 0.1) is 11.7 Å². The van der Waals surface area contributed by atoms with Crippen LogP contribution in [0.15, 0.2) is 85.7 Å². The fourth-order valence-corrected chi connectivity index (χ4v) is 5.58. The molecule has 3 aromatic carbocycles. The molecule has 0 fully saturated rings. The van der Waals surface area contributed by atoms with E-state index in [1.165, 1.54) is 12.1 Å². The zero-order valence-corrected chi connectivity index (χ0v) is 20.1. The summed E-state index contributed by atoms with van der Waals surface area (Å²) in [4.78, 5) is 27.4. The summed E-state index contributed by atoms with van der Waals surface area (Å²) in [5.74, 6) is -0.359. The number of anilines is 1. The van der Waals surface area contributed by atoms with Crippen molar-refractivity contribution in [1.82, 2.24) is 0 Å². The minimum atomic E-state index is -0.698. The average molecular weight is 508 g/mol. The SMILES string of the molecule is Cc1c(-c2cccc3c2N(C=O)C(c2ccc(F)cc2)C3)oc(=O)c(Sc2cccc(Cl)c2)c1O. The number of amides is 1. The molecule has 0 saturated heterocycles. The molecule has 5 nitrogen and oxygen atoms in total. The van der Waals surface area contributed by atoms with E-state index in [0.717, 1.165) is 29.3 Å². The summed E-state index contributed by atoms with van der Waals surface area (Å²) in [6.45, 7) is 1.66. The van der Waals surface area contributed by atoms with Crippen LogP contribution in [0.25, 0.3) is 11.3 Å². The van der Waals surface area contributed by atoms with Crippen LogP contribution >= 0.6 is 23.4 Å².